The fourth-order valence-electron chi connectivity index (χ4n) is 2.53. The van der Waals surface area contributed by atoms with E-state index in [0.29, 0.717) is 23.7 Å². The summed E-state index contributed by atoms with van der Waals surface area (Å²) in [5.74, 6) is 0.304. The van der Waals surface area contributed by atoms with Gasteiger partial charge in [-0.2, -0.15) is 26.6 Å². The summed E-state index contributed by atoms with van der Waals surface area (Å²) in [4.78, 5) is 8.41. The lowest BCUT2D eigenvalue weighted by molar-refractivity contribution is -0.137. The zero-order valence-electron chi connectivity index (χ0n) is 16.0. The Hall–Kier alpha value is -2.16. The van der Waals surface area contributed by atoms with Gasteiger partial charge in [0.05, 0.1) is 11.3 Å². The fourth-order valence-corrected chi connectivity index (χ4v) is 3.40. The van der Waals surface area contributed by atoms with Gasteiger partial charge in [0.25, 0.3) is 0 Å². The maximum atomic E-state index is 12.7. The van der Waals surface area contributed by atoms with Crippen molar-refractivity contribution in [2.24, 2.45) is 0 Å². The Kier molecular flexibility index (Phi) is 4.73. The molecule has 5 nitrogen and oxygen atoms in total. The Labute approximate surface area is 162 Å². The molecule has 1 aliphatic rings. The van der Waals surface area contributed by atoms with Gasteiger partial charge in [0.15, 0.2) is 0 Å². The first-order chi connectivity index (χ1) is 12.7. The van der Waals surface area contributed by atoms with E-state index < -0.39 is 27.3 Å². The van der Waals surface area contributed by atoms with Gasteiger partial charge in [-0.25, -0.2) is 4.98 Å². The first-order valence-electron chi connectivity index (χ1n) is 8.73. The van der Waals surface area contributed by atoms with Crippen molar-refractivity contribution in [2.75, 3.05) is 0 Å². The maximum Gasteiger partial charge on any atom is 0.416 e. The number of alkyl halides is 3. The normalized spacial score (nSPS) is 16.7. The van der Waals surface area contributed by atoms with Gasteiger partial charge in [-0.1, -0.05) is 27.7 Å². The van der Waals surface area contributed by atoms with Crippen LogP contribution in [0.1, 0.15) is 57.6 Å². The summed E-state index contributed by atoms with van der Waals surface area (Å²) in [6.45, 7) is 7.72. The van der Waals surface area contributed by atoms with E-state index in [1.807, 2.05) is 27.7 Å². The van der Waals surface area contributed by atoms with Gasteiger partial charge >= 0.3 is 16.3 Å². The van der Waals surface area contributed by atoms with Crippen molar-refractivity contribution < 1.29 is 25.8 Å². The molecule has 1 aromatic carbocycles. The summed E-state index contributed by atoms with van der Waals surface area (Å²) in [6, 6.07) is 4.63. The summed E-state index contributed by atoms with van der Waals surface area (Å²) in [6.07, 6.45) is -2.69. The van der Waals surface area contributed by atoms with Crippen molar-refractivity contribution in [3.8, 4) is 5.88 Å². The molecule has 152 valence electrons. The second kappa shape index (κ2) is 6.43. The van der Waals surface area contributed by atoms with E-state index in [9.17, 15) is 21.6 Å². The number of nitrogens with zero attached hydrogens (tertiary/aromatic N) is 2. The van der Waals surface area contributed by atoms with Gasteiger partial charge in [-0.15, -0.1) is 0 Å². The third kappa shape index (κ3) is 4.29. The van der Waals surface area contributed by atoms with Gasteiger partial charge < -0.3 is 4.18 Å². The Bertz CT molecular complexity index is 967. The van der Waals surface area contributed by atoms with Crippen LogP contribution in [0.15, 0.2) is 35.2 Å². The monoisotopic (exact) mass is 414 g/mol. The van der Waals surface area contributed by atoms with Crippen molar-refractivity contribution >= 4 is 10.1 Å². The second-order valence-electron chi connectivity index (χ2n) is 8.29. The van der Waals surface area contributed by atoms with Gasteiger partial charge in [-0.3, -0.25) is 0 Å². The van der Waals surface area contributed by atoms with Gasteiger partial charge in [-0.05, 0) is 37.1 Å². The van der Waals surface area contributed by atoms with Crippen molar-refractivity contribution in [2.45, 2.75) is 62.4 Å². The largest absolute Gasteiger partial charge is 0.416 e. The third-order valence-corrected chi connectivity index (χ3v) is 5.90. The molecule has 9 heteroatoms. The van der Waals surface area contributed by atoms with Gasteiger partial charge in [0, 0.05) is 16.9 Å². The van der Waals surface area contributed by atoms with E-state index in [1.165, 1.54) is 6.07 Å². The highest BCUT2D eigenvalue weighted by atomic mass is 32.2. The standard InChI is InChI=1S/C19H21F3N2O3S/c1-17(2,3)16-23-14(18(4)9-10-18)11-15(24-16)27-28(25,26)13-7-5-12(6-8-13)19(20,21)22/h5-8,11H,9-10H2,1-4H3. The van der Waals surface area contributed by atoms with Crippen LogP contribution in [0.2, 0.25) is 0 Å². The first kappa shape index (κ1) is 20.6. The predicted octanol–water partition coefficient (Wildman–Crippen LogP) is 4.61. The van der Waals surface area contributed by atoms with E-state index in [-0.39, 0.29) is 16.2 Å². The van der Waals surface area contributed by atoms with Crippen molar-refractivity contribution in [3.05, 3.63) is 47.4 Å². The number of halogens is 3. The van der Waals surface area contributed by atoms with Crippen molar-refractivity contribution in [1.29, 1.82) is 0 Å². The van der Waals surface area contributed by atoms with Crippen LogP contribution >= 0.6 is 0 Å². The SMILES string of the molecule is CC(C)(C)c1nc(OS(=O)(=O)c2ccc(C(F)(F)F)cc2)cc(C2(C)CC2)n1. The lowest BCUT2D eigenvalue weighted by atomic mass is 9.95. The molecule has 0 N–H and O–H groups in total. The fraction of sp³-hybridized carbons (Fsp3) is 0.474. The molecule has 2 aromatic rings. The number of rotatable bonds is 4. The van der Waals surface area contributed by atoms with Crippen LogP contribution in [-0.2, 0) is 27.1 Å². The molecule has 1 aliphatic carbocycles. The van der Waals surface area contributed by atoms with E-state index in [2.05, 4.69) is 9.97 Å². The highest BCUT2D eigenvalue weighted by Crippen LogP contribution is 2.47. The maximum absolute atomic E-state index is 12.7. The van der Waals surface area contributed by atoms with Crippen LogP contribution in [0.25, 0.3) is 0 Å². The minimum Gasteiger partial charge on any atom is -0.358 e. The molecular formula is C19H21F3N2O3S. The summed E-state index contributed by atoms with van der Waals surface area (Å²) in [5.41, 5.74) is -0.811. The zero-order chi connectivity index (χ0) is 21.0. The molecule has 0 atom stereocenters. The van der Waals surface area contributed by atoms with E-state index in [1.54, 1.807) is 0 Å². The van der Waals surface area contributed by atoms with Gasteiger partial charge in [0.1, 0.15) is 10.7 Å². The van der Waals surface area contributed by atoms with E-state index >= 15 is 0 Å². The van der Waals surface area contributed by atoms with Crippen LogP contribution in [0, 0.1) is 0 Å². The van der Waals surface area contributed by atoms with Crippen LogP contribution in [0.5, 0.6) is 5.88 Å². The van der Waals surface area contributed by atoms with Crippen molar-refractivity contribution in [1.82, 2.24) is 9.97 Å². The molecule has 0 radical (unpaired) electrons. The Balaban J connectivity index is 1.96. The topological polar surface area (TPSA) is 69.2 Å². The molecule has 28 heavy (non-hydrogen) atoms. The molecule has 0 aliphatic heterocycles. The highest BCUT2D eigenvalue weighted by molar-refractivity contribution is 7.87. The molecule has 0 unspecified atom stereocenters. The third-order valence-electron chi connectivity index (χ3n) is 4.66. The number of hydrogen-bond acceptors (Lipinski definition) is 5. The number of benzene rings is 1. The molecule has 1 fully saturated rings. The minimum absolute atomic E-state index is 0.136. The molecular weight excluding hydrogens is 393 g/mol. The molecule has 1 saturated carbocycles. The van der Waals surface area contributed by atoms with E-state index in [4.69, 9.17) is 4.18 Å². The number of hydrogen-bond donors (Lipinski definition) is 0. The van der Waals surface area contributed by atoms with Gasteiger partial charge in [0.2, 0.25) is 5.88 Å². The molecule has 3 rings (SSSR count). The summed E-state index contributed by atoms with van der Waals surface area (Å²) >= 11 is 0. The predicted molar refractivity (Wildman–Crippen MR) is 96.6 cm³/mol. The van der Waals surface area contributed by atoms with Crippen molar-refractivity contribution in [3.63, 3.8) is 0 Å². The summed E-state index contributed by atoms with van der Waals surface area (Å²) in [5, 5.41) is 0. The molecule has 0 spiro atoms. The average Bonchev–Trinajstić information content (AvgIpc) is 3.32. The van der Waals surface area contributed by atoms with Crippen LogP contribution in [-0.4, -0.2) is 18.4 Å². The molecule has 0 saturated heterocycles. The molecule has 0 amide bonds. The lowest BCUT2D eigenvalue weighted by Crippen LogP contribution is -2.20. The summed E-state index contributed by atoms with van der Waals surface area (Å²) in [7, 11) is -4.34. The van der Waals surface area contributed by atoms with Crippen LogP contribution in [0.3, 0.4) is 0 Å². The highest BCUT2D eigenvalue weighted by Gasteiger charge is 2.42. The summed E-state index contributed by atoms with van der Waals surface area (Å²) < 4.78 is 68.3. The zero-order valence-corrected chi connectivity index (χ0v) is 16.8. The van der Waals surface area contributed by atoms with E-state index in [0.717, 1.165) is 25.0 Å². The molecule has 1 heterocycles. The molecule has 1 aromatic heterocycles. The minimum atomic E-state index is -4.55. The number of aromatic nitrogens is 2. The average molecular weight is 414 g/mol. The van der Waals surface area contributed by atoms with Crippen LogP contribution in [0.4, 0.5) is 13.2 Å². The Morgan fingerprint density at radius 3 is 2.07 bits per heavy atom. The Morgan fingerprint density at radius 2 is 1.61 bits per heavy atom. The second-order valence-corrected chi connectivity index (χ2v) is 9.83. The molecule has 0 bridgehead atoms. The lowest BCUT2D eigenvalue weighted by Gasteiger charge is -2.20. The first-order valence-corrected chi connectivity index (χ1v) is 10.1. The smallest absolute Gasteiger partial charge is 0.358 e. The Morgan fingerprint density at radius 1 is 1.04 bits per heavy atom. The quantitative estimate of drug-likeness (QED) is 0.684. The van der Waals surface area contributed by atoms with Crippen LogP contribution < -0.4 is 4.18 Å².